The number of aliphatic hydroxyl groups excluding tert-OH is 1. The van der Waals surface area contributed by atoms with Crippen molar-refractivity contribution in [2.24, 2.45) is 46.6 Å². The minimum atomic E-state index is -1.96. The van der Waals surface area contributed by atoms with E-state index in [4.69, 9.17) is 27.7 Å². The predicted octanol–water partition coefficient (Wildman–Crippen LogP) is -2.06. The summed E-state index contributed by atoms with van der Waals surface area (Å²) in [5, 5.41) is 88.0. The molecule has 0 saturated carbocycles. The predicted molar refractivity (Wildman–Crippen MR) is 487 cm³/mol. The van der Waals surface area contributed by atoms with Gasteiger partial charge in [-0.15, -0.1) is 0 Å². The zero-order valence-electron chi connectivity index (χ0n) is 76.8. The van der Waals surface area contributed by atoms with Crippen molar-refractivity contribution in [2.75, 3.05) is 38.6 Å². The van der Waals surface area contributed by atoms with Gasteiger partial charge in [-0.2, -0.15) is 0 Å². The van der Waals surface area contributed by atoms with Gasteiger partial charge in [0.2, 0.25) is 70.9 Å². The molecule has 0 fully saturated rings. The number of carbonyl (C=O) groups is 17. The lowest BCUT2D eigenvalue weighted by atomic mass is 9.98. The van der Waals surface area contributed by atoms with Gasteiger partial charge in [0.25, 0.3) is 11.8 Å². The number of fused-ring (bicyclic) bond motifs is 2. The van der Waals surface area contributed by atoms with E-state index in [1.807, 2.05) is 0 Å². The van der Waals surface area contributed by atoms with Crippen LogP contribution in [0, 0.1) is 23.7 Å². The summed E-state index contributed by atoms with van der Waals surface area (Å²) < 4.78 is 5.39. The van der Waals surface area contributed by atoms with Crippen LogP contribution < -0.4 is 113 Å². The molecule has 0 radical (unpaired) electrons. The fourth-order valence-electron chi connectivity index (χ4n) is 14.0. The summed E-state index contributed by atoms with van der Waals surface area (Å²) >= 11 is 0. The van der Waals surface area contributed by atoms with Gasteiger partial charge < -0.3 is 128 Å². The van der Waals surface area contributed by atoms with Gasteiger partial charge in [0, 0.05) is 44.5 Å². The second-order valence-corrected chi connectivity index (χ2v) is 34.4. The van der Waals surface area contributed by atoms with Crippen LogP contribution in [-0.2, 0) is 96.0 Å². The number of nitrogens with one attached hydrogen (secondary N) is 16. The Balaban J connectivity index is 1.54. The highest BCUT2D eigenvalue weighted by atomic mass is 16.5. The number of anilines is 1. The molecule has 0 unspecified atom stereocenters. The normalized spacial score (nSPS) is 23.4. The summed E-state index contributed by atoms with van der Waals surface area (Å²) in [5.74, 6) is -19.7. The second-order valence-electron chi connectivity index (χ2n) is 34.4. The van der Waals surface area contributed by atoms with E-state index < -0.39 is 216 Å². The van der Waals surface area contributed by atoms with Crippen molar-refractivity contribution in [1.29, 1.82) is 0 Å². The van der Waals surface area contributed by atoms with Crippen molar-refractivity contribution in [3.8, 4) is 23.0 Å². The van der Waals surface area contributed by atoms with Crippen LogP contribution in [0.4, 0.5) is 5.69 Å². The van der Waals surface area contributed by atoms with E-state index in [1.54, 1.807) is 55.4 Å². The van der Waals surface area contributed by atoms with Crippen LogP contribution in [0.5, 0.6) is 23.0 Å². The minimum absolute atomic E-state index is 0.00604. The third-order valence-electron chi connectivity index (χ3n) is 21.6. The number of hydrogen-bond donors (Lipinski definition) is 25. The highest BCUT2D eigenvalue weighted by Crippen LogP contribution is 2.25. The van der Waals surface area contributed by atoms with E-state index in [0.29, 0.717) is 42.4 Å². The van der Waals surface area contributed by atoms with Crippen LogP contribution in [-0.4, -0.2) is 244 Å². The summed E-state index contributed by atoms with van der Waals surface area (Å²) in [4.78, 5) is 241. The van der Waals surface area contributed by atoms with Crippen LogP contribution in [0.2, 0.25) is 0 Å². The number of carbonyl (C=O) groups excluding carboxylic acids is 16. The van der Waals surface area contributed by atoms with Gasteiger partial charge in [-0.1, -0.05) is 91.8 Å². The lowest BCUT2D eigenvalue weighted by Crippen LogP contribution is -2.62. The van der Waals surface area contributed by atoms with E-state index in [0.717, 1.165) is 13.0 Å². The van der Waals surface area contributed by atoms with Crippen molar-refractivity contribution < 1.29 is 112 Å². The van der Waals surface area contributed by atoms with E-state index in [9.17, 15) is 97.5 Å². The maximum atomic E-state index is 15.1. The smallest absolute Gasteiger partial charge is 0.313 e. The average molecular weight is 1860 g/mol. The molecule has 0 aliphatic carbocycles. The summed E-state index contributed by atoms with van der Waals surface area (Å²) in [6.45, 7) is 14.4. The Labute approximate surface area is 772 Å². The third kappa shape index (κ3) is 38.3. The van der Waals surface area contributed by atoms with Crippen molar-refractivity contribution in [1.82, 2.24) is 80.0 Å². The largest absolute Gasteiger partial charge is 0.508 e. The highest BCUT2D eigenvalue weighted by molar-refractivity contribution is 6.40. The molecular weight excluding hydrogens is 1730 g/mol. The third-order valence-corrected chi connectivity index (χ3v) is 21.6. The van der Waals surface area contributed by atoms with Gasteiger partial charge >= 0.3 is 17.8 Å². The van der Waals surface area contributed by atoms with Crippen molar-refractivity contribution >= 4 is 106 Å². The Morgan fingerprint density at radius 2 is 0.744 bits per heavy atom. The van der Waals surface area contributed by atoms with Gasteiger partial charge in [0.05, 0.1) is 30.9 Å². The second kappa shape index (κ2) is 55.9. The summed E-state index contributed by atoms with van der Waals surface area (Å²) in [5.41, 5.74) is 29.6. The van der Waals surface area contributed by atoms with Crippen LogP contribution in [0.15, 0.2) is 91.0 Å². The molecule has 5 rings (SSSR count). The number of methoxy groups -OCH3 is 1. The molecule has 0 aromatic heterocycles. The van der Waals surface area contributed by atoms with E-state index in [-0.39, 0.29) is 136 Å². The number of unbranched alkanes of at least 4 members (excludes halogenated alkanes) is 2. The number of hydrazine groups is 1. The Hall–Kier alpha value is -13.1. The van der Waals surface area contributed by atoms with Gasteiger partial charge in [0.15, 0.2) is 0 Å². The molecule has 732 valence electrons. The van der Waals surface area contributed by atoms with Crippen molar-refractivity contribution in [3.05, 3.63) is 113 Å². The van der Waals surface area contributed by atoms with Crippen LogP contribution >= 0.6 is 0 Å². The maximum Gasteiger partial charge on any atom is 0.313 e. The molecule has 0 spiro atoms. The molecule has 0 saturated heterocycles. The molecule has 4 aromatic carbocycles. The van der Waals surface area contributed by atoms with Gasteiger partial charge in [0.1, 0.15) is 89.5 Å². The molecule has 43 heteroatoms. The number of amides is 16. The first-order chi connectivity index (χ1) is 62.9. The number of benzene rings is 4. The molecule has 29 N–H and O–H groups in total. The van der Waals surface area contributed by atoms with Crippen LogP contribution in [0.25, 0.3) is 0 Å². The lowest BCUT2D eigenvalue weighted by molar-refractivity contribution is -0.139. The number of aliphatic hydroxyl groups is 1. The maximum absolute atomic E-state index is 15.1. The molecule has 1 aliphatic heterocycles. The number of carboxylic acid groups (broad SMARTS) is 1. The molecule has 4 aromatic rings. The molecule has 133 heavy (non-hydrogen) atoms. The number of aromatic hydroxyl groups is 3. The Morgan fingerprint density at radius 1 is 0.391 bits per heavy atom. The van der Waals surface area contributed by atoms with E-state index in [2.05, 4.69) is 85.3 Å². The number of aliphatic carboxylic acids is 1. The van der Waals surface area contributed by atoms with Crippen molar-refractivity contribution in [3.63, 3.8) is 0 Å². The summed E-state index contributed by atoms with van der Waals surface area (Å²) in [7, 11) is 1.22. The number of rotatable bonds is 25. The molecule has 14 atom stereocenters. The first-order valence-electron chi connectivity index (χ1n) is 44.6. The monoisotopic (exact) mass is 1860 g/mol. The number of hydrogen-bond acceptors (Lipinski definition) is 26. The van der Waals surface area contributed by atoms with E-state index in [1.165, 1.54) is 92.0 Å². The number of phenolic OH excluding ortho intramolecular Hbond substituents is 3. The van der Waals surface area contributed by atoms with Crippen LogP contribution in [0.3, 0.4) is 0 Å². The minimum Gasteiger partial charge on any atom is -0.508 e. The molecule has 1 aliphatic rings. The SMILES string of the molecule is COc1ccc2cc1C(=O)NNC(=O)[C@H](C(C)C)NC(=O)[C@H](CCCCN)NC(=O)[C@@H](N)CCCNC(=O)[C@H](CCC(=O)O)NC(=O)[C@H]([C@@H](C)O)NC(=O)[C@H](Cc1ccc(O)cc1)NC(=O)[C@H](Cc1ccc(O)cc1)NC(=O)[C@H](CC(C)C)NC(=O)[C@H](CC(C)C)NC(=O)[C@H](Cc1ccc(O)cc1)NC(=O)[C@@H](N)CCCNC(=O)[C@H](CCCCN)NC(=O)[C@H](C(C)C)NC(=O)C(=O)N2. The topological polar surface area (TPSA) is 697 Å². The fourth-order valence-corrected chi connectivity index (χ4v) is 14.0. The molecule has 2 bridgehead atoms. The number of nitrogens with two attached hydrogens (primary N) is 4. The fraction of sp³-hybridized carbons (Fsp3) is 0.544. The number of phenols is 3. The molecule has 43 nitrogen and oxygen atoms in total. The molecule has 16 amide bonds. The highest BCUT2D eigenvalue weighted by Gasteiger charge is 2.39. The van der Waals surface area contributed by atoms with E-state index >= 15 is 9.59 Å². The average Bonchev–Trinajstić information content (AvgIpc) is 0.826. The van der Waals surface area contributed by atoms with Gasteiger partial charge in [-0.3, -0.25) is 92.4 Å². The molecular formula is C90H134N20O23. The van der Waals surface area contributed by atoms with Crippen LogP contribution in [0.1, 0.15) is 179 Å². The zero-order valence-corrected chi connectivity index (χ0v) is 76.8. The summed E-state index contributed by atoms with van der Waals surface area (Å²) in [6, 6.07) is 0.783. The zero-order chi connectivity index (χ0) is 98.9. The first kappa shape index (κ1) is 110. The number of carboxylic acids is 1. The van der Waals surface area contributed by atoms with Gasteiger partial charge in [-0.25, -0.2) is 0 Å². The Kier molecular flexibility index (Phi) is 46.4. The van der Waals surface area contributed by atoms with Crippen molar-refractivity contribution in [2.45, 2.75) is 256 Å². The molecule has 1 heterocycles. The lowest BCUT2D eigenvalue weighted by Gasteiger charge is -2.29. The number of ether oxygens (including phenoxy) is 1. The first-order valence-corrected chi connectivity index (χ1v) is 44.6. The standard InChI is InChI=1S/C90H134N20O23/c1-47(2)41-65-81(123)102-66(42-48(3)4)82(124)104-68(44-53-23-30-57(113)31-24-53)84(126)105-69(45-54-25-32-58(114)33-26-54)85(127)108-74(51(9)111)87(129)100-64(34-36-71(115)116)79(121)96-40-15-17-60(93)76(118)98-63(20-12-14-38-92)80(122)106-73(50(7)8)88(130)110-109-75(117)59-46-55(27-35-70(59)133-10)97-89(131)90(132)107-72(49(5)6)86(128)99-62(19-11-13-37-91)78(120)95-39-16-18-61(94)77(119)101-67(83(125)103-65)43-52-21-28-56(112)29-22-52/h21-33,35,46-51,60-69,72-74,111-114H,11-20,34,36-45,91-94H2,1-10H3,(H,95,120)(H,96,121)(H,97,131)(H,98,118)(H,99,128)(H,100,129)(H,101,119)(H,102,123)(H,103,125)(H,104,124)(H,105,126)(H,106,122)(H,107,132)(H,108,127)(H,109,117)(H,110,130)(H,115,116)/t51-,60+,61+,62+,63+,64+,65+,66+,67+,68+,69+,72+,73+,74+/m1/s1. The Morgan fingerprint density at radius 3 is 1.14 bits per heavy atom. The quantitative estimate of drug-likeness (QED) is 0.0251. The Bertz CT molecular complexity index is 4600. The van der Waals surface area contributed by atoms with Gasteiger partial charge in [-0.05, 0) is 198 Å². The summed E-state index contributed by atoms with van der Waals surface area (Å²) in [6.07, 6.45) is -2.88.